The first-order chi connectivity index (χ1) is 23.3. The minimum Gasteiger partial charge on any atom is -0.455 e. The van der Waals surface area contributed by atoms with Crippen LogP contribution in [-0.4, -0.2) is 9.13 Å². The summed E-state index contributed by atoms with van der Waals surface area (Å²) < 4.78 is 11.4. The lowest BCUT2D eigenvalue weighted by molar-refractivity contribution is 0.670. The van der Waals surface area contributed by atoms with Crippen molar-refractivity contribution in [1.29, 1.82) is 0 Å². The molecule has 3 heterocycles. The van der Waals surface area contributed by atoms with E-state index in [1.807, 2.05) is 6.07 Å². The molecule has 222 valence electrons. The molecule has 10 aromatic rings. The highest BCUT2D eigenvalue weighted by Gasteiger charge is 2.19. The number of furan rings is 1. The molecule has 3 heteroatoms. The Hall–Kier alpha value is -6.32. The Morgan fingerprint density at radius 3 is 1.40 bits per heavy atom. The second-order valence-corrected chi connectivity index (χ2v) is 11.8. The van der Waals surface area contributed by atoms with Gasteiger partial charge in [-0.25, -0.2) is 0 Å². The Morgan fingerprint density at radius 2 is 0.851 bits per heavy atom. The van der Waals surface area contributed by atoms with Gasteiger partial charge in [-0.15, -0.1) is 13.2 Å². The molecule has 0 unspecified atom stereocenters. The average Bonchev–Trinajstić information content (AvgIpc) is 3.80. The summed E-state index contributed by atoms with van der Waals surface area (Å²) in [6, 6.07) is 56.5. The van der Waals surface area contributed by atoms with Crippen LogP contribution in [0.25, 0.3) is 88.1 Å². The monoisotopic (exact) mass is 602 g/mol. The zero-order valence-electron chi connectivity index (χ0n) is 25.7. The Labute approximate surface area is 271 Å². The molecule has 0 saturated carbocycles. The van der Waals surface area contributed by atoms with E-state index in [1.54, 1.807) is 0 Å². The lowest BCUT2D eigenvalue weighted by atomic mass is 10.0. The fourth-order valence-corrected chi connectivity index (χ4v) is 7.37. The minimum absolute atomic E-state index is 0.895. The first kappa shape index (κ1) is 27.0. The van der Waals surface area contributed by atoms with Gasteiger partial charge < -0.3 is 13.6 Å². The molecule has 0 fully saturated rings. The highest BCUT2D eigenvalue weighted by molar-refractivity contribution is 6.13. The van der Waals surface area contributed by atoms with E-state index in [-0.39, 0.29) is 0 Å². The first-order valence-corrected chi connectivity index (χ1v) is 15.9. The minimum atomic E-state index is 0.895. The SMILES string of the molecule is C=C.c1cc(-c2cc(-n3c4ccccc4c4ccccc43)cc3c2oc2ccccc23)cc(-n2c3ccccc3c3ccccc32)c1. The fraction of sp³-hybridized carbons (Fsp3) is 0. The molecular weight excluding hydrogens is 572 g/mol. The van der Waals surface area contributed by atoms with E-state index in [2.05, 4.69) is 174 Å². The summed E-state index contributed by atoms with van der Waals surface area (Å²) in [4.78, 5) is 0. The molecule has 3 aromatic heterocycles. The van der Waals surface area contributed by atoms with Crippen molar-refractivity contribution in [2.45, 2.75) is 0 Å². The highest BCUT2D eigenvalue weighted by atomic mass is 16.3. The van der Waals surface area contributed by atoms with Crippen molar-refractivity contribution in [2.75, 3.05) is 0 Å². The smallest absolute Gasteiger partial charge is 0.143 e. The molecule has 0 saturated heterocycles. The molecular formula is C44H30N2O. The molecule has 10 rings (SSSR count). The van der Waals surface area contributed by atoms with Crippen LogP contribution in [0.3, 0.4) is 0 Å². The number of aromatic nitrogens is 2. The maximum Gasteiger partial charge on any atom is 0.143 e. The first-order valence-electron chi connectivity index (χ1n) is 15.9. The van der Waals surface area contributed by atoms with Gasteiger partial charge in [0.2, 0.25) is 0 Å². The third kappa shape index (κ3) is 4.00. The van der Waals surface area contributed by atoms with Gasteiger partial charge >= 0.3 is 0 Å². The quantitative estimate of drug-likeness (QED) is 0.185. The van der Waals surface area contributed by atoms with E-state index >= 15 is 0 Å². The largest absolute Gasteiger partial charge is 0.455 e. The van der Waals surface area contributed by atoms with Crippen LogP contribution in [0.5, 0.6) is 0 Å². The topological polar surface area (TPSA) is 23.0 Å². The summed E-state index contributed by atoms with van der Waals surface area (Å²) in [6.07, 6.45) is 0. The zero-order valence-corrected chi connectivity index (χ0v) is 25.7. The predicted molar refractivity (Wildman–Crippen MR) is 199 cm³/mol. The molecule has 3 nitrogen and oxygen atoms in total. The van der Waals surface area contributed by atoms with Crippen molar-refractivity contribution < 1.29 is 4.42 Å². The number of fused-ring (bicyclic) bond motifs is 9. The van der Waals surface area contributed by atoms with Crippen molar-refractivity contribution in [2.24, 2.45) is 0 Å². The Balaban J connectivity index is 0.00000149. The van der Waals surface area contributed by atoms with Crippen molar-refractivity contribution in [3.8, 4) is 22.5 Å². The van der Waals surface area contributed by atoms with Gasteiger partial charge in [-0.2, -0.15) is 0 Å². The van der Waals surface area contributed by atoms with Gasteiger partial charge in [0.15, 0.2) is 0 Å². The van der Waals surface area contributed by atoms with Crippen LogP contribution >= 0.6 is 0 Å². The molecule has 0 aliphatic carbocycles. The summed E-state index contributed by atoms with van der Waals surface area (Å²) in [5, 5.41) is 7.25. The maximum absolute atomic E-state index is 6.64. The van der Waals surface area contributed by atoms with E-state index in [4.69, 9.17) is 4.42 Å². The average molecular weight is 603 g/mol. The normalized spacial score (nSPS) is 11.6. The molecule has 0 atom stereocenters. The molecule has 0 amide bonds. The van der Waals surface area contributed by atoms with E-state index in [1.165, 1.54) is 43.6 Å². The van der Waals surface area contributed by atoms with Crippen molar-refractivity contribution in [3.05, 3.63) is 171 Å². The zero-order chi connectivity index (χ0) is 31.5. The number of hydrogen-bond donors (Lipinski definition) is 0. The van der Waals surface area contributed by atoms with Gasteiger partial charge in [0.25, 0.3) is 0 Å². The van der Waals surface area contributed by atoms with Crippen LogP contribution in [-0.2, 0) is 0 Å². The summed E-state index contributed by atoms with van der Waals surface area (Å²) in [5.74, 6) is 0. The predicted octanol–water partition coefficient (Wildman–Crippen LogP) is 12.2. The summed E-state index contributed by atoms with van der Waals surface area (Å²) >= 11 is 0. The molecule has 0 spiro atoms. The van der Waals surface area contributed by atoms with Crippen molar-refractivity contribution in [1.82, 2.24) is 9.13 Å². The van der Waals surface area contributed by atoms with E-state index < -0.39 is 0 Å². The number of nitrogens with zero attached hydrogens (tertiary/aromatic N) is 2. The Morgan fingerprint density at radius 1 is 0.383 bits per heavy atom. The lowest BCUT2D eigenvalue weighted by Crippen LogP contribution is -1.96. The Bertz CT molecular complexity index is 2680. The van der Waals surface area contributed by atoms with Gasteiger partial charge in [-0.05, 0) is 60.2 Å². The molecule has 0 aliphatic rings. The highest BCUT2D eigenvalue weighted by Crippen LogP contribution is 2.41. The fourth-order valence-electron chi connectivity index (χ4n) is 7.37. The van der Waals surface area contributed by atoms with Gasteiger partial charge in [0.1, 0.15) is 11.2 Å². The summed E-state index contributed by atoms with van der Waals surface area (Å²) in [5.41, 5.74) is 11.0. The van der Waals surface area contributed by atoms with Gasteiger partial charge in [0.05, 0.1) is 22.1 Å². The molecule has 7 aromatic carbocycles. The second-order valence-electron chi connectivity index (χ2n) is 11.8. The Kier molecular flexibility index (Phi) is 6.12. The van der Waals surface area contributed by atoms with Gasteiger partial charge in [0, 0.05) is 49.3 Å². The molecule has 0 aliphatic heterocycles. The number of benzene rings is 7. The number of rotatable bonds is 3. The lowest BCUT2D eigenvalue weighted by Gasteiger charge is -2.13. The summed E-state index contributed by atoms with van der Waals surface area (Å²) in [6.45, 7) is 6.00. The second kappa shape index (κ2) is 10.6. The third-order valence-corrected chi connectivity index (χ3v) is 9.30. The summed E-state index contributed by atoms with van der Waals surface area (Å²) in [7, 11) is 0. The molecule has 0 bridgehead atoms. The third-order valence-electron chi connectivity index (χ3n) is 9.30. The van der Waals surface area contributed by atoms with Gasteiger partial charge in [-0.1, -0.05) is 103 Å². The number of hydrogen-bond acceptors (Lipinski definition) is 1. The maximum atomic E-state index is 6.64. The van der Waals surface area contributed by atoms with Crippen molar-refractivity contribution in [3.63, 3.8) is 0 Å². The number of para-hydroxylation sites is 5. The van der Waals surface area contributed by atoms with Crippen molar-refractivity contribution >= 4 is 65.6 Å². The van der Waals surface area contributed by atoms with E-state index in [0.29, 0.717) is 0 Å². The molecule has 47 heavy (non-hydrogen) atoms. The van der Waals surface area contributed by atoms with E-state index in [0.717, 1.165) is 44.4 Å². The van der Waals surface area contributed by atoms with Crippen LogP contribution in [0.1, 0.15) is 0 Å². The van der Waals surface area contributed by atoms with Crippen LogP contribution in [0.2, 0.25) is 0 Å². The van der Waals surface area contributed by atoms with E-state index in [9.17, 15) is 0 Å². The molecule has 0 N–H and O–H groups in total. The van der Waals surface area contributed by atoms with Crippen LogP contribution in [0.15, 0.2) is 175 Å². The van der Waals surface area contributed by atoms with Crippen LogP contribution in [0, 0.1) is 0 Å². The van der Waals surface area contributed by atoms with Gasteiger partial charge in [-0.3, -0.25) is 0 Å². The van der Waals surface area contributed by atoms with Crippen LogP contribution < -0.4 is 0 Å². The molecule has 0 radical (unpaired) electrons. The van der Waals surface area contributed by atoms with Crippen LogP contribution in [0.4, 0.5) is 0 Å². The standard InChI is InChI=1S/C42H26N2O.C2H4/c1-6-19-37-30(14-1)31-15-2-7-20-38(31)43(37)28-13-11-12-27(24-28)35-25-29(26-36-34-18-5-10-23-41(34)45-42(35)36)44-39-21-8-3-16-32(39)33-17-4-9-22-40(33)44;1-2/h1-26H;1-2H2.